The van der Waals surface area contributed by atoms with E-state index in [1.165, 1.54) is 5.56 Å². The highest BCUT2D eigenvalue weighted by atomic mass is 35.5. The van der Waals surface area contributed by atoms with Crippen molar-refractivity contribution in [1.82, 2.24) is 0 Å². The van der Waals surface area contributed by atoms with Crippen molar-refractivity contribution in [3.63, 3.8) is 0 Å². The molecule has 0 aromatic heterocycles. The predicted molar refractivity (Wildman–Crippen MR) is 58.5 cm³/mol. The molecule has 4 heteroatoms. The SMILES string of the molecule is CC(C)(C)c1ccc(S(=O)OCl)cc1. The van der Waals surface area contributed by atoms with Gasteiger partial charge in [-0.05, 0) is 23.1 Å². The summed E-state index contributed by atoms with van der Waals surface area (Å²) >= 11 is 3.46. The number of hydrogen-bond donors (Lipinski definition) is 0. The fraction of sp³-hybridized carbons (Fsp3) is 0.400. The first-order valence-electron chi connectivity index (χ1n) is 4.26. The average molecular weight is 233 g/mol. The summed E-state index contributed by atoms with van der Waals surface area (Å²) in [6, 6.07) is 7.39. The molecule has 0 aliphatic carbocycles. The van der Waals surface area contributed by atoms with Crippen LogP contribution in [-0.2, 0) is 20.2 Å². The summed E-state index contributed by atoms with van der Waals surface area (Å²) in [5.74, 6) is 0. The molecule has 1 rings (SSSR count). The maximum absolute atomic E-state index is 11.1. The van der Waals surface area contributed by atoms with E-state index in [9.17, 15) is 4.21 Å². The Bertz CT molecular complexity index is 327. The summed E-state index contributed by atoms with van der Waals surface area (Å²) in [6.45, 7) is 6.37. The van der Waals surface area contributed by atoms with Crippen LogP contribution in [0.25, 0.3) is 0 Å². The first-order valence-corrected chi connectivity index (χ1v) is 5.65. The molecule has 0 radical (unpaired) electrons. The van der Waals surface area contributed by atoms with Crippen molar-refractivity contribution >= 4 is 22.9 Å². The Morgan fingerprint density at radius 3 is 2.07 bits per heavy atom. The summed E-state index contributed by atoms with van der Waals surface area (Å²) in [7, 11) is 0. The van der Waals surface area contributed by atoms with E-state index in [-0.39, 0.29) is 5.41 Å². The molecule has 1 unspecified atom stereocenters. The second kappa shape index (κ2) is 4.43. The monoisotopic (exact) mass is 232 g/mol. The highest BCUT2D eigenvalue weighted by Crippen LogP contribution is 2.23. The molecule has 0 fully saturated rings. The van der Waals surface area contributed by atoms with Gasteiger partial charge in [0.15, 0.2) is 0 Å². The van der Waals surface area contributed by atoms with Gasteiger partial charge in [0, 0.05) is 0 Å². The van der Waals surface area contributed by atoms with Gasteiger partial charge in [-0.1, -0.05) is 32.9 Å². The van der Waals surface area contributed by atoms with Gasteiger partial charge in [0.25, 0.3) is 0 Å². The van der Waals surface area contributed by atoms with E-state index >= 15 is 0 Å². The van der Waals surface area contributed by atoms with E-state index in [1.807, 2.05) is 12.1 Å². The summed E-state index contributed by atoms with van der Waals surface area (Å²) < 4.78 is 15.3. The normalized spacial score (nSPS) is 14.0. The number of halogens is 1. The molecule has 0 N–H and O–H groups in total. The van der Waals surface area contributed by atoms with Crippen LogP contribution in [0, 0.1) is 0 Å². The van der Waals surface area contributed by atoms with Crippen LogP contribution < -0.4 is 0 Å². The molecule has 0 bridgehead atoms. The molecule has 1 aromatic rings. The minimum Gasteiger partial charge on any atom is -0.223 e. The zero-order valence-corrected chi connectivity index (χ0v) is 9.98. The second-order valence-electron chi connectivity index (χ2n) is 4.07. The van der Waals surface area contributed by atoms with Crippen LogP contribution in [0.1, 0.15) is 26.3 Å². The van der Waals surface area contributed by atoms with Gasteiger partial charge in [0.1, 0.15) is 0 Å². The Balaban J connectivity index is 2.95. The predicted octanol–water partition coefficient (Wildman–Crippen LogP) is 3.18. The van der Waals surface area contributed by atoms with Gasteiger partial charge in [-0.3, -0.25) is 0 Å². The topological polar surface area (TPSA) is 26.3 Å². The molecule has 0 amide bonds. The molecule has 14 heavy (non-hydrogen) atoms. The quantitative estimate of drug-likeness (QED) is 0.783. The lowest BCUT2D eigenvalue weighted by molar-refractivity contribution is 0.586. The Hall–Kier alpha value is -0.380. The van der Waals surface area contributed by atoms with Crippen molar-refractivity contribution in [3.05, 3.63) is 29.8 Å². The molecule has 0 saturated carbocycles. The van der Waals surface area contributed by atoms with Gasteiger partial charge >= 0.3 is 0 Å². The summed E-state index contributed by atoms with van der Waals surface area (Å²) in [6.07, 6.45) is 0. The summed E-state index contributed by atoms with van der Waals surface area (Å²) in [4.78, 5) is 0.577. The lowest BCUT2D eigenvalue weighted by Crippen LogP contribution is -2.10. The largest absolute Gasteiger partial charge is 0.223 e. The maximum atomic E-state index is 11.1. The second-order valence-corrected chi connectivity index (χ2v) is 5.52. The lowest BCUT2D eigenvalue weighted by atomic mass is 9.87. The van der Waals surface area contributed by atoms with Crippen molar-refractivity contribution < 1.29 is 7.94 Å². The van der Waals surface area contributed by atoms with Gasteiger partial charge in [-0.25, -0.2) is 4.21 Å². The third-order valence-electron chi connectivity index (χ3n) is 1.97. The molecule has 1 aromatic carbocycles. The third-order valence-corrected chi connectivity index (χ3v) is 3.08. The molecule has 0 spiro atoms. The Labute approximate surface area is 92.1 Å². The molecule has 1 atom stereocenters. The molecule has 0 saturated heterocycles. The maximum Gasteiger partial charge on any atom is 0.206 e. The Morgan fingerprint density at radius 2 is 1.71 bits per heavy atom. The summed E-state index contributed by atoms with van der Waals surface area (Å²) in [5.41, 5.74) is 1.29. The zero-order chi connectivity index (χ0) is 10.8. The van der Waals surface area contributed by atoms with Gasteiger partial charge in [-0.15, -0.1) is 0 Å². The number of hydrogen-bond acceptors (Lipinski definition) is 2. The first-order chi connectivity index (χ1) is 6.45. The van der Waals surface area contributed by atoms with Gasteiger partial charge in [0.2, 0.25) is 11.1 Å². The van der Waals surface area contributed by atoms with Gasteiger partial charge in [0.05, 0.1) is 16.8 Å². The smallest absolute Gasteiger partial charge is 0.206 e. The highest BCUT2D eigenvalue weighted by molar-refractivity contribution is 7.81. The van der Waals surface area contributed by atoms with Gasteiger partial charge in [-0.2, -0.15) is 3.74 Å². The fourth-order valence-electron chi connectivity index (χ4n) is 1.10. The van der Waals surface area contributed by atoms with Crippen LogP contribution in [0.5, 0.6) is 0 Å². The van der Waals surface area contributed by atoms with Crippen molar-refractivity contribution in [1.29, 1.82) is 0 Å². The van der Waals surface area contributed by atoms with Crippen LogP contribution >= 0.6 is 11.9 Å². The van der Waals surface area contributed by atoms with Crippen LogP contribution in [0.3, 0.4) is 0 Å². The standard InChI is InChI=1S/C10H13ClO2S/c1-10(2,3)8-4-6-9(7-5-8)14(12)13-11/h4-7H,1-3H3. The van der Waals surface area contributed by atoms with E-state index in [0.717, 1.165) is 0 Å². The minimum atomic E-state index is -1.56. The lowest BCUT2D eigenvalue weighted by Gasteiger charge is -2.18. The molecule has 0 heterocycles. The molecule has 78 valence electrons. The van der Waals surface area contributed by atoms with Crippen LogP contribution in [0.2, 0.25) is 0 Å². The number of rotatable bonds is 2. The summed E-state index contributed by atoms with van der Waals surface area (Å²) in [5, 5.41) is 0. The Morgan fingerprint density at radius 1 is 1.21 bits per heavy atom. The van der Waals surface area contributed by atoms with E-state index < -0.39 is 11.1 Å². The minimum absolute atomic E-state index is 0.0991. The molecule has 0 aliphatic heterocycles. The molecular formula is C10H13ClO2S. The van der Waals surface area contributed by atoms with E-state index in [0.29, 0.717) is 4.90 Å². The van der Waals surface area contributed by atoms with Crippen LogP contribution in [0.15, 0.2) is 29.2 Å². The van der Waals surface area contributed by atoms with E-state index in [1.54, 1.807) is 12.1 Å². The van der Waals surface area contributed by atoms with E-state index in [2.05, 4.69) is 24.5 Å². The van der Waals surface area contributed by atoms with Crippen molar-refractivity contribution in [3.8, 4) is 0 Å². The molecule has 0 aliphatic rings. The molecular weight excluding hydrogens is 220 g/mol. The van der Waals surface area contributed by atoms with Crippen molar-refractivity contribution in [2.24, 2.45) is 0 Å². The Kier molecular flexibility index (Phi) is 3.70. The van der Waals surface area contributed by atoms with Gasteiger partial charge < -0.3 is 0 Å². The van der Waals surface area contributed by atoms with Crippen LogP contribution in [-0.4, -0.2) is 4.21 Å². The molecule has 2 nitrogen and oxygen atoms in total. The third kappa shape index (κ3) is 2.80. The zero-order valence-electron chi connectivity index (χ0n) is 8.41. The number of benzene rings is 1. The first kappa shape index (κ1) is 11.7. The van der Waals surface area contributed by atoms with Crippen LogP contribution in [0.4, 0.5) is 0 Å². The fourth-order valence-corrected chi connectivity index (χ4v) is 1.75. The highest BCUT2D eigenvalue weighted by Gasteiger charge is 2.13. The van der Waals surface area contributed by atoms with Crippen molar-refractivity contribution in [2.75, 3.05) is 0 Å². The van der Waals surface area contributed by atoms with E-state index in [4.69, 9.17) is 11.9 Å². The van der Waals surface area contributed by atoms with Crippen molar-refractivity contribution in [2.45, 2.75) is 31.1 Å². The average Bonchev–Trinajstić information content (AvgIpc) is 2.15.